The Labute approximate surface area is 122 Å². The van der Waals surface area contributed by atoms with Crippen molar-refractivity contribution in [2.24, 2.45) is 17.8 Å². The molecule has 1 aliphatic carbocycles. The third kappa shape index (κ3) is 3.51. The zero-order chi connectivity index (χ0) is 14.5. The summed E-state index contributed by atoms with van der Waals surface area (Å²) in [6.07, 6.45) is 14.1. The fraction of sp³-hybridized carbons (Fsp3) is 0.706. The van der Waals surface area contributed by atoms with Crippen LogP contribution in [0.3, 0.4) is 0 Å². The zero-order valence-electron chi connectivity index (χ0n) is 12.6. The maximum Gasteiger partial charge on any atom is 0.308 e. The fourth-order valence-electron chi connectivity index (χ4n) is 3.80. The molecule has 1 aliphatic heterocycles. The Morgan fingerprint density at radius 3 is 2.80 bits per heavy atom. The van der Waals surface area contributed by atoms with Crippen molar-refractivity contribution in [3.05, 3.63) is 24.3 Å². The third-order valence-corrected chi connectivity index (χ3v) is 4.81. The molecule has 0 aromatic carbocycles. The van der Waals surface area contributed by atoms with Gasteiger partial charge in [-0.2, -0.15) is 0 Å². The van der Waals surface area contributed by atoms with Crippen LogP contribution in [0.2, 0.25) is 0 Å². The minimum absolute atomic E-state index is 0.0624. The molecule has 5 unspecified atom stereocenters. The van der Waals surface area contributed by atoms with E-state index in [9.17, 15) is 9.90 Å². The number of rotatable bonds is 5. The molecule has 0 bridgehead atoms. The summed E-state index contributed by atoms with van der Waals surface area (Å²) in [6.45, 7) is 4.24. The van der Waals surface area contributed by atoms with E-state index in [-0.39, 0.29) is 17.9 Å². The Kier molecular flexibility index (Phi) is 5.41. The molecule has 0 spiro atoms. The van der Waals surface area contributed by atoms with E-state index in [1.54, 1.807) is 0 Å². The molecular formula is C17H27NO2. The highest BCUT2D eigenvalue weighted by Gasteiger charge is 2.42. The first-order chi connectivity index (χ1) is 9.63. The highest BCUT2D eigenvalue weighted by Crippen LogP contribution is 2.37. The van der Waals surface area contributed by atoms with Gasteiger partial charge in [0.1, 0.15) is 0 Å². The third-order valence-electron chi connectivity index (χ3n) is 4.81. The summed E-state index contributed by atoms with van der Waals surface area (Å²) in [7, 11) is 0. The van der Waals surface area contributed by atoms with E-state index in [0.717, 1.165) is 19.3 Å². The first-order valence-corrected chi connectivity index (χ1v) is 7.95. The van der Waals surface area contributed by atoms with E-state index in [4.69, 9.17) is 0 Å². The molecule has 2 N–H and O–H groups in total. The first-order valence-electron chi connectivity index (χ1n) is 7.95. The van der Waals surface area contributed by atoms with Crippen LogP contribution < -0.4 is 5.32 Å². The van der Waals surface area contributed by atoms with E-state index in [0.29, 0.717) is 12.0 Å². The number of aliphatic carboxylic acids is 1. The average Bonchev–Trinajstić information content (AvgIpc) is 2.45. The van der Waals surface area contributed by atoms with E-state index in [1.165, 1.54) is 12.8 Å². The normalized spacial score (nSPS) is 37.0. The summed E-state index contributed by atoms with van der Waals surface area (Å²) in [5.74, 6) is -0.275. The molecule has 0 amide bonds. The molecule has 0 saturated carbocycles. The van der Waals surface area contributed by atoms with Gasteiger partial charge >= 0.3 is 5.97 Å². The van der Waals surface area contributed by atoms with Gasteiger partial charge in [-0.15, -0.1) is 0 Å². The smallest absolute Gasteiger partial charge is 0.308 e. The summed E-state index contributed by atoms with van der Waals surface area (Å²) < 4.78 is 0. The number of hydrogen-bond donors (Lipinski definition) is 2. The molecule has 1 saturated heterocycles. The molecule has 3 heteroatoms. The van der Waals surface area contributed by atoms with E-state index >= 15 is 0 Å². The fourth-order valence-corrected chi connectivity index (χ4v) is 3.80. The van der Waals surface area contributed by atoms with Crippen molar-refractivity contribution >= 4 is 5.97 Å². The maximum atomic E-state index is 11.7. The van der Waals surface area contributed by atoms with Crippen LogP contribution in [0.1, 0.15) is 46.0 Å². The lowest BCUT2D eigenvalue weighted by Gasteiger charge is -2.42. The van der Waals surface area contributed by atoms with Crippen molar-refractivity contribution in [2.75, 3.05) is 0 Å². The van der Waals surface area contributed by atoms with Crippen molar-refractivity contribution in [3.63, 3.8) is 0 Å². The Bertz CT molecular complexity index is 388. The van der Waals surface area contributed by atoms with Gasteiger partial charge in [0.05, 0.1) is 5.92 Å². The molecule has 1 fully saturated rings. The van der Waals surface area contributed by atoms with Crippen LogP contribution in [0.5, 0.6) is 0 Å². The predicted molar refractivity (Wildman–Crippen MR) is 81.5 cm³/mol. The Balaban J connectivity index is 2.10. The lowest BCUT2D eigenvalue weighted by Crippen LogP contribution is -2.54. The van der Waals surface area contributed by atoms with Gasteiger partial charge in [0.2, 0.25) is 0 Å². The quantitative estimate of drug-likeness (QED) is 0.810. The van der Waals surface area contributed by atoms with Crippen molar-refractivity contribution in [2.45, 2.75) is 58.0 Å². The lowest BCUT2D eigenvalue weighted by atomic mass is 9.69. The summed E-state index contributed by atoms with van der Waals surface area (Å²) >= 11 is 0. The van der Waals surface area contributed by atoms with Crippen molar-refractivity contribution in [1.29, 1.82) is 0 Å². The Morgan fingerprint density at radius 2 is 2.20 bits per heavy atom. The summed E-state index contributed by atoms with van der Waals surface area (Å²) in [6, 6.07) is 0.539. The van der Waals surface area contributed by atoms with Crippen LogP contribution in [0.25, 0.3) is 0 Å². The molecule has 5 atom stereocenters. The minimum Gasteiger partial charge on any atom is -0.481 e. The van der Waals surface area contributed by atoms with Crippen LogP contribution in [0, 0.1) is 17.8 Å². The highest BCUT2D eigenvalue weighted by atomic mass is 16.4. The van der Waals surface area contributed by atoms with Crippen molar-refractivity contribution in [1.82, 2.24) is 5.32 Å². The van der Waals surface area contributed by atoms with Crippen LogP contribution in [-0.4, -0.2) is 23.2 Å². The largest absolute Gasteiger partial charge is 0.481 e. The second-order valence-electron chi connectivity index (χ2n) is 6.27. The Morgan fingerprint density at radius 1 is 1.40 bits per heavy atom. The Hall–Kier alpha value is -1.09. The highest BCUT2D eigenvalue weighted by molar-refractivity contribution is 5.71. The number of piperidine rings is 1. The number of carbonyl (C=O) groups is 1. The monoisotopic (exact) mass is 277 g/mol. The van der Waals surface area contributed by atoms with Gasteiger partial charge in [-0.1, -0.05) is 44.1 Å². The average molecular weight is 277 g/mol. The molecule has 0 radical (unpaired) electrons. The van der Waals surface area contributed by atoms with Gasteiger partial charge < -0.3 is 10.4 Å². The van der Waals surface area contributed by atoms with E-state index < -0.39 is 5.97 Å². The number of carboxylic acids is 1. The molecule has 3 nitrogen and oxygen atoms in total. The summed E-state index contributed by atoms with van der Waals surface area (Å²) in [5, 5.41) is 13.1. The number of unbranched alkanes of at least 4 members (excludes halogenated alkanes) is 1. The first kappa shape index (κ1) is 15.3. The van der Waals surface area contributed by atoms with Gasteiger partial charge in [-0.05, 0) is 38.0 Å². The van der Waals surface area contributed by atoms with Crippen molar-refractivity contribution in [3.8, 4) is 0 Å². The summed E-state index contributed by atoms with van der Waals surface area (Å²) in [4.78, 5) is 11.7. The minimum atomic E-state index is -0.646. The number of hydrogen-bond acceptors (Lipinski definition) is 2. The topological polar surface area (TPSA) is 49.3 Å². The van der Waals surface area contributed by atoms with Gasteiger partial charge in [-0.3, -0.25) is 4.79 Å². The summed E-state index contributed by atoms with van der Waals surface area (Å²) in [5.41, 5.74) is 0. The van der Waals surface area contributed by atoms with Crippen LogP contribution in [0.4, 0.5) is 0 Å². The predicted octanol–water partition coefficient (Wildman–Crippen LogP) is 3.38. The standard InChI is InChI=1S/C17H27NO2/c1-3-4-10-14-11-15(13-8-6-5-7-9-13)16(17(19)20)12(2)18-14/h5-8,12-16,18H,3-4,9-11H2,1-2H3,(H,19,20). The van der Waals surface area contributed by atoms with Gasteiger partial charge in [0.25, 0.3) is 0 Å². The molecule has 2 rings (SSSR count). The number of allylic oxidation sites excluding steroid dienone is 4. The molecule has 0 aromatic rings. The van der Waals surface area contributed by atoms with Crippen molar-refractivity contribution < 1.29 is 9.90 Å². The van der Waals surface area contributed by atoms with E-state index in [2.05, 4.69) is 36.5 Å². The van der Waals surface area contributed by atoms with Gasteiger partial charge in [0.15, 0.2) is 0 Å². The molecule has 0 aromatic heterocycles. The second kappa shape index (κ2) is 7.07. The molecule has 112 valence electrons. The number of carboxylic acid groups (broad SMARTS) is 1. The lowest BCUT2D eigenvalue weighted by molar-refractivity contribution is -0.147. The van der Waals surface area contributed by atoms with Crippen LogP contribution in [-0.2, 0) is 4.79 Å². The van der Waals surface area contributed by atoms with Gasteiger partial charge in [-0.25, -0.2) is 0 Å². The molecule has 2 aliphatic rings. The zero-order valence-corrected chi connectivity index (χ0v) is 12.6. The molecular weight excluding hydrogens is 250 g/mol. The van der Waals surface area contributed by atoms with Crippen LogP contribution >= 0.6 is 0 Å². The van der Waals surface area contributed by atoms with E-state index in [1.807, 2.05) is 6.92 Å². The maximum absolute atomic E-state index is 11.7. The number of nitrogens with one attached hydrogen (secondary N) is 1. The SMILES string of the molecule is CCCCC1CC(C2C=CC=CC2)C(C(=O)O)C(C)N1. The van der Waals surface area contributed by atoms with Gasteiger partial charge in [0, 0.05) is 12.1 Å². The molecule has 20 heavy (non-hydrogen) atoms. The second-order valence-corrected chi connectivity index (χ2v) is 6.27. The van der Waals surface area contributed by atoms with Crippen LogP contribution in [0.15, 0.2) is 24.3 Å². The molecule has 1 heterocycles.